The van der Waals surface area contributed by atoms with Gasteiger partial charge in [-0.1, -0.05) is 84.4 Å². The fourth-order valence-electron chi connectivity index (χ4n) is 5.30. The summed E-state index contributed by atoms with van der Waals surface area (Å²) in [5, 5.41) is 3.90. The zero-order valence-corrected chi connectivity index (χ0v) is 26.5. The summed E-state index contributed by atoms with van der Waals surface area (Å²) in [5.74, 6) is -0.823. The highest BCUT2D eigenvalue weighted by molar-refractivity contribution is 7.92. The van der Waals surface area contributed by atoms with Crippen LogP contribution in [-0.2, 0) is 26.2 Å². The molecule has 0 heterocycles. The number of benzene rings is 3. The average Bonchev–Trinajstić information content (AvgIpc) is 2.96. The number of aryl methyl sites for hydroxylation is 2. The van der Waals surface area contributed by atoms with Crippen molar-refractivity contribution < 1.29 is 18.0 Å². The second-order valence-corrected chi connectivity index (χ2v) is 13.6. The molecule has 1 saturated carbocycles. The second-order valence-electron chi connectivity index (χ2n) is 10.9. The van der Waals surface area contributed by atoms with Gasteiger partial charge in [-0.15, -0.1) is 0 Å². The van der Waals surface area contributed by atoms with Gasteiger partial charge in [0.2, 0.25) is 11.8 Å². The van der Waals surface area contributed by atoms with Crippen LogP contribution in [0.25, 0.3) is 0 Å². The van der Waals surface area contributed by atoms with Crippen LogP contribution in [-0.4, -0.2) is 43.8 Å². The van der Waals surface area contributed by atoms with E-state index >= 15 is 0 Å². The number of hydrogen-bond acceptors (Lipinski definition) is 4. The lowest BCUT2D eigenvalue weighted by molar-refractivity contribution is -0.139. The third kappa shape index (κ3) is 7.65. The Morgan fingerprint density at radius 2 is 1.64 bits per heavy atom. The van der Waals surface area contributed by atoms with Crippen LogP contribution >= 0.6 is 23.2 Å². The molecule has 0 bridgehead atoms. The van der Waals surface area contributed by atoms with Gasteiger partial charge in [0.15, 0.2) is 0 Å². The number of nitrogens with one attached hydrogen (secondary N) is 1. The number of carbonyl (C=O) groups is 2. The Labute approximate surface area is 258 Å². The zero-order valence-electron chi connectivity index (χ0n) is 24.1. The van der Waals surface area contributed by atoms with Crippen LogP contribution in [0.2, 0.25) is 10.0 Å². The van der Waals surface area contributed by atoms with E-state index in [0.717, 1.165) is 42.0 Å². The van der Waals surface area contributed by atoms with Gasteiger partial charge in [0, 0.05) is 22.6 Å². The van der Waals surface area contributed by atoms with Crippen LogP contribution in [0, 0.1) is 13.8 Å². The lowest BCUT2D eigenvalue weighted by Gasteiger charge is -2.33. The molecule has 1 fully saturated rings. The zero-order chi connectivity index (χ0) is 30.4. The lowest BCUT2D eigenvalue weighted by Crippen LogP contribution is -2.53. The first kappa shape index (κ1) is 31.9. The normalized spacial score (nSPS) is 14.7. The fraction of sp³-hybridized carbons (Fsp3) is 0.375. The monoisotopic (exact) mass is 629 g/mol. The molecule has 0 aliphatic heterocycles. The maximum Gasteiger partial charge on any atom is 0.264 e. The van der Waals surface area contributed by atoms with Crippen molar-refractivity contribution in [2.24, 2.45) is 0 Å². The quantitative estimate of drug-likeness (QED) is 0.271. The summed E-state index contributed by atoms with van der Waals surface area (Å²) in [5.41, 5.74) is 2.65. The molecule has 3 aromatic carbocycles. The number of sulfonamides is 1. The molecule has 4 rings (SSSR count). The molecule has 1 atom stereocenters. The molecule has 224 valence electrons. The van der Waals surface area contributed by atoms with E-state index in [1.165, 1.54) is 17.0 Å². The highest BCUT2D eigenvalue weighted by Crippen LogP contribution is 2.29. The Morgan fingerprint density at radius 3 is 2.29 bits per heavy atom. The standard InChI is InChI=1S/C32H37Cl2N3O4S/c1-22-14-17-30(23(2)18-22)37(42(40,41)28-12-8-5-9-13-28)21-31(38)36(20-25-15-16-26(33)19-29(25)34)24(3)32(39)35-27-10-6-4-7-11-27/h5,8-9,12-19,24,27H,4,6-7,10-11,20-21H2,1-3H3,(H,35,39). The van der Waals surface area contributed by atoms with E-state index in [9.17, 15) is 18.0 Å². The Balaban J connectivity index is 1.71. The van der Waals surface area contributed by atoms with Gasteiger partial charge < -0.3 is 10.2 Å². The number of nitrogens with zero attached hydrogens (tertiary/aromatic N) is 2. The molecule has 0 spiro atoms. The van der Waals surface area contributed by atoms with E-state index in [1.54, 1.807) is 49.4 Å². The molecule has 3 aromatic rings. The van der Waals surface area contributed by atoms with Crippen molar-refractivity contribution in [1.82, 2.24) is 10.2 Å². The lowest BCUT2D eigenvalue weighted by atomic mass is 9.95. The molecule has 1 aliphatic rings. The predicted molar refractivity (Wildman–Crippen MR) is 168 cm³/mol. The number of anilines is 1. The van der Waals surface area contributed by atoms with Gasteiger partial charge in [-0.2, -0.15) is 0 Å². The number of hydrogen-bond donors (Lipinski definition) is 1. The molecular weight excluding hydrogens is 593 g/mol. The van der Waals surface area contributed by atoms with Crippen molar-refractivity contribution in [2.45, 2.75) is 76.4 Å². The molecule has 2 amide bonds. The van der Waals surface area contributed by atoms with Crippen LogP contribution < -0.4 is 9.62 Å². The minimum atomic E-state index is -4.13. The van der Waals surface area contributed by atoms with Crippen molar-refractivity contribution >= 4 is 50.7 Å². The van der Waals surface area contributed by atoms with Crippen molar-refractivity contribution in [1.29, 1.82) is 0 Å². The van der Waals surface area contributed by atoms with Gasteiger partial charge >= 0.3 is 0 Å². The van der Waals surface area contributed by atoms with Crippen LogP contribution in [0.4, 0.5) is 5.69 Å². The predicted octanol–water partition coefficient (Wildman–Crippen LogP) is 6.67. The van der Waals surface area contributed by atoms with Crippen molar-refractivity contribution in [2.75, 3.05) is 10.8 Å². The third-order valence-corrected chi connectivity index (χ3v) is 10.1. The Bertz CT molecular complexity index is 1530. The molecule has 0 radical (unpaired) electrons. The van der Waals surface area contributed by atoms with Crippen molar-refractivity contribution in [3.63, 3.8) is 0 Å². The highest BCUT2D eigenvalue weighted by Gasteiger charge is 2.34. The van der Waals surface area contributed by atoms with Gasteiger partial charge in [0.05, 0.1) is 10.6 Å². The van der Waals surface area contributed by atoms with E-state index in [2.05, 4.69) is 5.32 Å². The van der Waals surface area contributed by atoms with E-state index in [0.29, 0.717) is 26.9 Å². The van der Waals surface area contributed by atoms with Gasteiger partial charge in [-0.05, 0) is 75.1 Å². The van der Waals surface area contributed by atoms with Gasteiger partial charge in [-0.25, -0.2) is 8.42 Å². The first-order valence-electron chi connectivity index (χ1n) is 14.2. The molecule has 1 N–H and O–H groups in total. The smallest absolute Gasteiger partial charge is 0.264 e. The third-order valence-electron chi connectivity index (χ3n) is 7.71. The van der Waals surface area contributed by atoms with E-state index in [-0.39, 0.29) is 23.4 Å². The fourth-order valence-corrected chi connectivity index (χ4v) is 7.27. The van der Waals surface area contributed by atoms with Crippen molar-refractivity contribution in [3.8, 4) is 0 Å². The van der Waals surface area contributed by atoms with Crippen LogP contribution in [0.3, 0.4) is 0 Å². The first-order chi connectivity index (χ1) is 20.0. The summed E-state index contributed by atoms with van der Waals surface area (Å²) in [7, 11) is -4.13. The summed E-state index contributed by atoms with van der Waals surface area (Å²) in [6.45, 7) is 4.88. The number of carbonyl (C=O) groups excluding carboxylic acids is 2. The number of halogens is 2. The van der Waals surface area contributed by atoms with Gasteiger partial charge in [-0.3, -0.25) is 13.9 Å². The molecule has 1 unspecified atom stereocenters. The Morgan fingerprint density at radius 1 is 0.952 bits per heavy atom. The van der Waals surface area contributed by atoms with Crippen LogP contribution in [0.5, 0.6) is 0 Å². The Kier molecular flexibility index (Phi) is 10.6. The van der Waals surface area contributed by atoms with Crippen LogP contribution in [0.1, 0.15) is 55.7 Å². The Hall–Kier alpha value is -3.07. The summed E-state index contributed by atoms with van der Waals surface area (Å²) in [6, 6.07) is 17.5. The number of rotatable bonds is 10. The highest BCUT2D eigenvalue weighted by atomic mass is 35.5. The van der Waals surface area contributed by atoms with Crippen LogP contribution in [0.15, 0.2) is 71.6 Å². The van der Waals surface area contributed by atoms with E-state index in [4.69, 9.17) is 23.2 Å². The average molecular weight is 631 g/mol. The summed E-state index contributed by atoms with van der Waals surface area (Å²) >= 11 is 12.6. The minimum absolute atomic E-state index is 0.000192. The summed E-state index contributed by atoms with van der Waals surface area (Å²) < 4.78 is 29.1. The maximum atomic E-state index is 14.2. The first-order valence-corrected chi connectivity index (χ1v) is 16.4. The second kappa shape index (κ2) is 13.9. The number of amides is 2. The molecule has 1 aliphatic carbocycles. The molecule has 10 heteroatoms. The van der Waals surface area contributed by atoms with Gasteiger partial charge in [0.1, 0.15) is 12.6 Å². The van der Waals surface area contributed by atoms with Crippen molar-refractivity contribution in [3.05, 3.63) is 93.5 Å². The largest absolute Gasteiger partial charge is 0.352 e. The maximum absolute atomic E-state index is 14.2. The SMILES string of the molecule is Cc1ccc(N(CC(=O)N(Cc2ccc(Cl)cc2Cl)C(C)C(=O)NC2CCCCC2)S(=O)(=O)c2ccccc2)c(C)c1. The topological polar surface area (TPSA) is 86.8 Å². The molecule has 0 aromatic heterocycles. The van der Waals surface area contributed by atoms with E-state index < -0.39 is 28.5 Å². The molecule has 0 saturated heterocycles. The summed E-state index contributed by atoms with van der Waals surface area (Å²) in [4.78, 5) is 29.1. The van der Waals surface area contributed by atoms with Gasteiger partial charge in [0.25, 0.3) is 10.0 Å². The summed E-state index contributed by atoms with van der Waals surface area (Å²) in [6.07, 6.45) is 5.03. The minimum Gasteiger partial charge on any atom is -0.352 e. The molecular formula is C32H37Cl2N3O4S. The molecule has 42 heavy (non-hydrogen) atoms. The molecule has 7 nitrogen and oxygen atoms in total. The van der Waals surface area contributed by atoms with E-state index in [1.807, 2.05) is 26.0 Å².